The summed E-state index contributed by atoms with van der Waals surface area (Å²) in [5.41, 5.74) is 7.11. The van der Waals surface area contributed by atoms with Crippen LogP contribution in [0.3, 0.4) is 0 Å². The number of rotatable bonds is 2. The maximum Gasteiger partial charge on any atom is 0.410 e. The summed E-state index contributed by atoms with van der Waals surface area (Å²) >= 11 is 0. The first-order valence-corrected chi connectivity index (χ1v) is 6.75. The lowest BCUT2D eigenvalue weighted by molar-refractivity contribution is -0.0219. The highest BCUT2D eigenvalue weighted by molar-refractivity contribution is 5.69. The number of aryl methyl sites for hydroxylation is 1. The van der Waals surface area contributed by atoms with Gasteiger partial charge in [0.25, 0.3) is 0 Å². The number of benzene rings is 1. The molecule has 0 bridgehead atoms. The molecule has 1 aromatic rings. The molecule has 5 heteroatoms. The molecule has 1 fully saturated rings. The van der Waals surface area contributed by atoms with Crippen LogP contribution in [0.2, 0.25) is 0 Å². The van der Waals surface area contributed by atoms with E-state index < -0.39 is 5.60 Å². The van der Waals surface area contributed by atoms with Crippen molar-refractivity contribution in [3.05, 3.63) is 23.8 Å². The van der Waals surface area contributed by atoms with E-state index in [-0.39, 0.29) is 12.2 Å². The Kier molecular flexibility index (Phi) is 3.79. The Balaban J connectivity index is 1.85. The van der Waals surface area contributed by atoms with Crippen molar-refractivity contribution in [3.63, 3.8) is 0 Å². The second kappa shape index (κ2) is 5.23. The molecule has 2 rings (SSSR count). The Bertz CT molecular complexity index is 502. The fourth-order valence-electron chi connectivity index (χ4n) is 1.91. The van der Waals surface area contributed by atoms with Crippen molar-refractivity contribution in [1.82, 2.24) is 4.90 Å². The first-order valence-electron chi connectivity index (χ1n) is 6.75. The van der Waals surface area contributed by atoms with Crippen LogP contribution in [-0.2, 0) is 4.74 Å². The molecule has 0 radical (unpaired) electrons. The van der Waals surface area contributed by atoms with Gasteiger partial charge in [-0.3, -0.25) is 0 Å². The first-order chi connectivity index (χ1) is 9.24. The van der Waals surface area contributed by atoms with E-state index in [4.69, 9.17) is 15.2 Å². The molecule has 0 unspecified atom stereocenters. The van der Waals surface area contributed by atoms with E-state index >= 15 is 0 Å². The Morgan fingerprint density at radius 3 is 2.60 bits per heavy atom. The minimum Gasteiger partial charge on any atom is -0.485 e. The SMILES string of the molecule is Cc1ccc(N)c(OC2CN(C(=O)OC(C)(C)C)C2)c1. The van der Waals surface area contributed by atoms with Gasteiger partial charge in [-0.2, -0.15) is 0 Å². The topological polar surface area (TPSA) is 64.8 Å². The van der Waals surface area contributed by atoms with Crippen LogP contribution in [-0.4, -0.2) is 35.8 Å². The molecule has 0 aliphatic carbocycles. The number of carbonyl (C=O) groups excluding carboxylic acids is 1. The van der Waals surface area contributed by atoms with E-state index in [0.29, 0.717) is 24.5 Å². The number of hydrogen-bond acceptors (Lipinski definition) is 4. The van der Waals surface area contributed by atoms with Gasteiger partial charge in [-0.15, -0.1) is 0 Å². The van der Waals surface area contributed by atoms with E-state index in [2.05, 4.69) is 0 Å². The third kappa shape index (κ3) is 3.56. The summed E-state index contributed by atoms with van der Waals surface area (Å²) in [6, 6.07) is 5.68. The predicted octanol–water partition coefficient (Wildman–Crippen LogP) is 2.58. The third-order valence-corrected chi connectivity index (χ3v) is 2.96. The summed E-state index contributed by atoms with van der Waals surface area (Å²) in [6.45, 7) is 8.61. The predicted molar refractivity (Wildman–Crippen MR) is 77.8 cm³/mol. The van der Waals surface area contributed by atoms with Crippen LogP contribution in [0.5, 0.6) is 5.75 Å². The van der Waals surface area contributed by atoms with Crippen molar-refractivity contribution in [2.24, 2.45) is 0 Å². The van der Waals surface area contributed by atoms with Gasteiger partial charge in [-0.05, 0) is 45.4 Å². The molecule has 1 aromatic carbocycles. The third-order valence-electron chi connectivity index (χ3n) is 2.96. The highest BCUT2D eigenvalue weighted by atomic mass is 16.6. The van der Waals surface area contributed by atoms with Crippen LogP contribution in [0, 0.1) is 6.92 Å². The van der Waals surface area contributed by atoms with Gasteiger partial charge in [0.05, 0.1) is 18.8 Å². The molecule has 5 nitrogen and oxygen atoms in total. The zero-order chi connectivity index (χ0) is 14.9. The van der Waals surface area contributed by atoms with Gasteiger partial charge in [0.2, 0.25) is 0 Å². The van der Waals surface area contributed by atoms with Crippen LogP contribution in [0.15, 0.2) is 18.2 Å². The molecule has 1 amide bonds. The number of anilines is 1. The van der Waals surface area contributed by atoms with Gasteiger partial charge in [-0.25, -0.2) is 4.79 Å². The normalized spacial score (nSPS) is 15.7. The number of hydrogen-bond donors (Lipinski definition) is 1. The van der Waals surface area contributed by atoms with Crippen LogP contribution in [0.4, 0.5) is 10.5 Å². The zero-order valence-corrected chi connectivity index (χ0v) is 12.5. The van der Waals surface area contributed by atoms with Crippen molar-refractivity contribution in [3.8, 4) is 5.75 Å². The van der Waals surface area contributed by atoms with Crippen LogP contribution < -0.4 is 10.5 Å². The summed E-state index contributed by atoms with van der Waals surface area (Å²) in [5, 5.41) is 0. The lowest BCUT2D eigenvalue weighted by Crippen LogP contribution is -2.57. The molecule has 1 aliphatic rings. The summed E-state index contributed by atoms with van der Waals surface area (Å²) in [6.07, 6.45) is -0.318. The largest absolute Gasteiger partial charge is 0.485 e. The van der Waals surface area contributed by atoms with Crippen LogP contribution >= 0.6 is 0 Å². The van der Waals surface area contributed by atoms with Gasteiger partial charge >= 0.3 is 6.09 Å². The van der Waals surface area contributed by atoms with Crippen LogP contribution in [0.25, 0.3) is 0 Å². The Hall–Kier alpha value is -1.91. The number of ether oxygens (including phenoxy) is 2. The average molecular weight is 278 g/mol. The fraction of sp³-hybridized carbons (Fsp3) is 0.533. The Morgan fingerprint density at radius 1 is 1.35 bits per heavy atom. The Labute approximate surface area is 119 Å². The van der Waals surface area contributed by atoms with E-state index in [1.807, 2.05) is 45.9 Å². The van der Waals surface area contributed by atoms with Gasteiger partial charge in [-0.1, -0.05) is 6.07 Å². The number of likely N-dealkylation sites (tertiary alicyclic amines) is 1. The lowest BCUT2D eigenvalue weighted by Gasteiger charge is -2.39. The van der Waals surface area contributed by atoms with E-state index in [1.165, 1.54) is 0 Å². The van der Waals surface area contributed by atoms with E-state index in [9.17, 15) is 4.79 Å². The maximum absolute atomic E-state index is 11.8. The summed E-state index contributed by atoms with van der Waals surface area (Å²) < 4.78 is 11.1. The molecule has 1 aliphatic heterocycles. The second-order valence-corrected chi connectivity index (χ2v) is 6.17. The number of nitrogens with zero attached hydrogens (tertiary/aromatic N) is 1. The summed E-state index contributed by atoms with van der Waals surface area (Å²) in [4.78, 5) is 13.4. The minimum atomic E-state index is -0.468. The molecule has 1 saturated heterocycles. The molecular weight excluding hydrogens is 256 g/mol. The Morgan fingerprint density at radius 2 is 2.00 bits per heavy atom. The molecule has 2 N–H and O–H groups in total. The fourth-order valence-corrected chi connectivity index (χ4v) is 1.91. The van der Waals surface area contributed by atoms with E-state index in [0.717, 1.165) is 5.56 Å². The van der Waals surface area contributed by atoms with Crippen LogP contribution in [0.1, 0.15) is 26.3 Å². The average Bonchev–Trinajstić information content (AvgIpc) is 2.24. The number of amides is 1. The van der Waals surface area contributed by atoms with Crippen molar-refractivity contribution in [2.45, 2.75) is 39.4 Å². The van der Waals surface area contributed by atoms with Crippen molar-refractivity contribution in [1.29, 1.82) is 0 Å². The molecule has 1 heterocycles. The molecule has 0 atom stereocenters. The molecule has 0 spiro atoms. The quantitative estimate of drug-likeness (QED) is 0.844. The van der Waals surface area contributed by atoms with Gasteiger partial charge < -0.3 is 20.1 Å². The highest BCUT2D eigenvalue weighted by Crippen LogP contribution is 2.26. The lowest BCUT2D eigenvalue weighted by atomic mass is 10.1. The molecule has 0 aromatic heterocycles. The number of nitrogen functional groups attached to an aromatic ring is 1. The van der Waals surface area contributed by atoms with Crippen molar-refractivity contribution >= 4 is 11.8 Å². The zero-order valence-electron chi connectivity index (χ0n) is 12.5. The monoisotopic (exact) mass is 278 g/mol. The molecule has 0 saturated carbocycles. The number of carbonyl (C=O) groups is 1. The molecule has 110 valence electrons. The van der Waals surface area contributed by atoms with Gasteiger partial charge in [0, 0.05) is 0 Å². The second-order valence-electron chi connectivity index (χ2n) is 6.17. The number of nitrogens with two attached hydrogens (primary N) is 1. The summed E-state index contributed by atoms with van der Waals surface area (Å²) in [7, 11) is 0. The van der Waals surface area contributed by atoms with Gasteiger partial charge in [0.15, 0.2) is 0 Å². The van der Waals surface area contributed by atoms with Crippen molar-refractivity contribution in [2.75, 3.05) is 18.8 Å². The minimum absolute atomic E-state index is 0.0216. The maximum atomic E-state index is 11.8. The first kappa shape index (κ1) is 14.5. The van der Waals surface area contributed by atoms with Gasteiger partial charge in [0.1, 0.15) is 17.5 Å². The molecule has 20 heavy (non-hydrogen) atoms. The molecular formula is C15H22N2O3. The highest BCUT2D eigenvalue weighted by Gasteiger charge is 2.35. The smallest absolute Gasteiger partial charge is 0.410 e. The van der Waals surface area contributed by atoms with Crippen molar-refractivity contribution < 1.29 is 14.3 Å². The summed E-state index contributed by atoms with van der Waals surface area (Å²) in [5.74, 6) is 0.679. The van der Waals surface area contributed by atoms with E-state index in [1.54, 1.807) is 4.90 Å². The standard InChI is InChI=1S/C15H22N2O3/c1-10-5-6-12(16)13(7-10)19-11-8-17(9-11)14(18)20-15(2,3)4/h5-7,11H,8-9,16H2,1-4H3.